The third-order valence-electron chi connectivity index (χ3n) is 4.49. The van der Waals surface area contributed by atoms with Crippen molar-refractivity contribution >= 4 is 10.9 Å². The van der Waals surface area contributed by atoms with Gasteiger partial charge < -0.3 is 20.1 Å². The summed E-state index contributed by atoms with van der Waals surface area (Å²) in [5.41, 5.74) is 4.74. The fourth-order valence-electron chi connectivity index (χ4n) is 3.18. The van der Waals surface area contributed by atoms with Crippen molar-refractivity contribution in [1.29, 1.82) is 0 Å². The van der Waals surface area contributed by atoms with Crippen LogP contribution in [0.3, 0.4) is 0 Å². The third-order valence-corrected chi connectivity index (χ3v) is 4.49. The lowest BCUT2D eigenvalue weighted by Crippen LogP contribution is -2.31. The fraction of sp³-hybridized carbons (Fsp3) is 0.318. The largest absolute Gasteiger partial charge is 0.389 e. The Balaban J connectivity index is 1.51. The van der Waals surface area contributed by atoms with E-state index < -0.39 is 6.10 Å². The van der Waals surface area contributed by atoms with Crippen LogP contribution in [0.25, 0.3) is 10.9 Å². The number of rotatable bonds is 8. The Hall–Kier alpha value is -2.47. The first-order chi connectivity index (χ1) is 13.0. The summed E-state index contributed by atoms with van der Waals surface area (Å²) in [6, 6.07) is 15.9. The molecule has 3 rings (SSSR count). The topological polar surface area (TPSA) is 74.4 Å². The molecule has 1 aromatic heterocycles. The minimum absolute atomic E-state index is 0.100. The van der Waals surface area contributed by atoms with Gasteiger partial charge in [0, 0.05) is 18.7 Å². The van der Waals surface area contributed by atoms with Crippen LogP contribution in [0.15, 0.2) is 53.3 Å². The quantitative estimate of drug-likeness (QED) is 0.573. The van der Waals surface area contributed by atoms with E-state index in [1.54, 1.807) is 0 Å². The zero-order valence-corrected chi connectivity index (χ0v) is 15.8. The fourth-order valence-corrected chi connectivity index (χ4v) is 3.18. The summed E-state index contributed by atoms with van der Waals surface area (Å²) in [7, 11) is 0. The Kier molecular flexibility index (Phi) is 6.40. The number of aromatic nitrogens is 1. The predicted octanol–water partition coefficient (Wildman–Crippen LogP) is 2.81. The molecule has 2 aromatic carbocycles. The maximum absolute atomic E-state index is 12.3. The van der Waals surface area contributed by atoms with E-state index in [9.17, 15) is 9.90 Å². The molecule has 0 spiro atoms. The molecule has 0 unspecified atom stereocenters. The number of pyridine rings is 1. The first-order valence-electron chi connectivity index (χ1n) is 9.16. The van der Waals surface area contributed by atoms with Crippen molar-refractivity contribution < 1.29 is 9.84 Å². The molecule has 1 atom stereocenters. The number of H-pyrrole nitrogens is 1. The highest BCUT2D eigenvalue weighted by Gasteiger charge is 2.08. The SMILES string of the molecule is Cc1cc(C)c2[nH]c(=O)c(CNC[C@H](O)COCc3ccccc3)cc2c1. The van der Waals surface area contributed by atoms with Crippen molar-refractivity contribution in [2.24, 2.45) is 0 Å². The van der Waals surface area contributed by atoms with Crippen LogP contribution in [0.4, 0.5) is 0 Å². The van der Waals surface area contributed by atoms with Crippen LogP contribution in [-0.2, 0) is 17.9 Å². The van der Waals surface area contributed by atoms with Crippen LogP contribution in [0.1, 0.15) is 22.3 Å². The van der Waals surface area contributed by atoms with Gasteiger partial charge in [0.05, 0.1) is 24.8 Å². The number of aromatic amines is 1. The Bertz CT molecular complexity index is 951. The molecule has 5 heteroatoms. The minimum atomic E-state index is -0.627. The highest BCUT2D eigenvalue weighted by molar-refractivity contribution is 5.82. The Labute approximate surface area is 159 Å². The molecule has 0 radical (unpaired) electrons. The number of aryl methyl sites for hydroxylation is 2. The predicted molar refractivity (Wildman–Crippen MR) is 108 cm³/mol. The van der Waals surface area contributed by atoms with Crippen LogP contribution in [0.5, 0.6) is 0 Å². The van der Waals surface area contributed by atoms with Gasteiger partial charge in [-0.1, -0.05) is 42.0 Å². The number of nitrogens with one attached hydrogen (secondary N) is 2. The zero-order chi connectivity index (χ0) is 19.2. The number of ether oxygens (including phenoxy) is 1. The molecule has 1 heterocycles. The summed E-state index contributed by atoms with van der Waals surface area (Å²) < 4.78 is 5.53. The molecule has 0 amide bonds. The smallest absolute Gasteiger partial charge is 0.252 e. The molecule has 27 heavy (non-hydrogen) atoms. The van der Waals surface area contributed by atoms with Crippen LogP contribution in [-0.4, -0.2) is 29.3 Å². The molecule has 0 aliphatic carbocycles. The van der Waals surface area contributed by atoms with E-state index in [2.05, 4.69) is 22.4 Å². The summed E-state index contributed by atoms with van der Waals surface area (Å²) in [6.07, 6.45) is -0.627. The lowest BCUT2D eigenvalue weighted by Gasteiger charge is -2.13. The van der Waals surface area contributed by atoms with Crippen molar-refractivity contribution in [3.63, 3.8) is 0 Å². The summed E-state index contributed by atoms with van der Waals surface area (Å²) in [5.74, 6) is 0. The highest BCUT2D eigenvalue weighted by Crippen LogP contribution is 2.17. The average Bonchev–Trinajstić information content (AvgIpc) is 2.64. The molecule has 0 fully saturated rings. The number of hydrogen-bond acceptors (Lipinski definition) is 4. The van der Waals surface area contributed by atoms with Gasteiger partial charge in [0.25, 0.3) is 5.56 Å². The molecule has 0 aliphatic heterocycles. The van der Waals surface area contributed by atoms with Gasteiger partial charge in [0.15, 0.2) is 0 Å². The van der Waals surface area contributed by atoms with E-state index in [0.717, 1.165) is 27.6 Å². The van der Waals surface area contributed by atoms with E-state index >= 15 is 0 Å². The van der Waals surface area contributed by atoms with Crippen molar-refractivity contribution in [3.8, 4) is 0 Å². The van der Waals surface area contributed by atoms with Gasteiger partial charge in [0.2, 0.25) is 0 Å². The van der Waals surface area contributed by atoms with Crippen LogP contribution in [0.2, 0.25) is 0 Å². The standard InChI is InChI=1S/C22H26N2O3/c1-15-8-16(2)21-18(9-15)10-19(22(26)24-21)11-23-12-20(25)14-27-13-17-6-4-3-5-7-17/h3-10,20,23,25H,11-14H2,1-2H3,(H,24,26)/t20-/m0/s1. The zero-order valence-electron chi connectivity index (χ0n) is 15.8. The second-order valence-electron chi connectivity index (χ2n) is 6.96. The van der Waals surface area contributed by atoms with Crippen LogP contribution < -0.4 is 10.9 Å². The number of fused-ring (bicyclic) bond motifs is 1. The molecule has 5 nitrogen and oxygen atoms in total. The summed E-state index contributed by atoms with van der Waals surface area (Å²) in [5, 5.41) is 14.2. The third kappa shape index (κ3) is 5.26. The van der Waals surface area contributed by atoms with E-state index in [1.165, 1.54) is 0 Å². The van der Waals surface area contributed by atoms with Gasteiger partial charge in [-0.3, -0.25) is 4.79 Å². The number of benzene rings is 2. The Morgan fingerprint density at radius 2 is 1.93 bits per heavy atom. The molecule has 0 bridgehead atoms. The number of aliphatic hydroxyl groups excluding tert-OH is 1. The minimum Gasteiger partial charge on any atom is -0.389 e. The van der Waals surface area contributed by atoms with Gasteiger partial charge in [-0.2, -0.15) is 0 Å². The Morgan fingerprint density at radius 1 is 1.15 bits per heavy atom. The van der Waals surface area contributed by atoms with Crippen LogP contribution >= 0.6 is 0 Å². The summed E-state index contributed by atoms with van der Waals surface area (Å²) >= 11 is 0. The van der Waals surface area contributed by atoms with Crippen molar-refractivity contribution in [3.05, 3.63) is 81.1 Å². The molecular formula is C22H26N2O3. The molecule has 0 saturated carbocycles. The number of aliphatic hydroxyl groups is 1. The maximum Gasteiger partial charge on any atom is 0.252 e. The van der Waals surface area contributed by atoms with E-state index in [-0.39, 0.29) is 12.2 Å². The lowest BCUT2D eigenvalue weighted by molar-refractivity contribution is 0.0287. The highest BCUT2D eigenvalue weighted by atomic mass is 16.5. The van der Waals surface area contributed by atoms with Gasteiger partial charge in [-0.15, -0.1) is 0 Å². The molecule has 0 aliphatic rings. The monoisotopic (exact) mass is 366 g/mol. The Morgan fingerprint density at radius 3 is 2.70 bits per heavy atom. The van der Waals surface area contributed by atoms with E-state index in [0.29, 0.717) is 25.3 Å². The van der Waals surface area contributed by atoms with Gasteiger partial charge >= 0.3 is 0 Å². The van der Waals surface area contributed by atoms with Gasteiger partial charge in [-0.25, -0.2) is 0 Å². The maximum atomic E-state index is 12.3. The summed E-state index contributed by atoms with van der Waals surface area (Å²) in [6.45, 7) is 5.51. The number of hydrogen-bond donors (Lipinski definition) is 3. The molecule has 142 valence electrons. The van der Waals surface area contributed by atoms with Crippen molar-refractivity contribution in [2.75, 3.05) is 13.2 Å². The molecule has 3 N–H and O–H groups in total. The van der Waals surface area contributed by atoms with Crippen molar-refractivity contribution in [1.82, 2.24) is 10.3 Å². The average molecular weight is 366 g/mol. The molecule has 3 aromatic rings. The van der Waals surface area contributed by atoms with Gasteiger partial charge in [-0.05, 0) is 42.5 Å². The second kappa shape index (κ2) is 8.95. The lowest BCUT2D eigenvalue weighted by atomic mass is 10.1. The summed E-state index contributed by atoms with van der Waals surface area (Å²) in [4.78, 5) is 15.3. The first kappa shape index (κ1) is 19.3. The van der Waals surface area contributed by atoms with Crippen molar-refractivity contribution in [2.45, 2.75) is 33.1 Å². The van der Waals surface area contributed by atoms with Crippen LogP contribution in [0, 0.1) is 13.8 Å². The second-order valence-corrected chi connectivity index (χ2v) is 6.96. The molecule has 0 saturated heterocycles. The van der Waals surface area contributed by atoms with E-state index in [1.807, 2.05) is 50.2 Å². The van der Waals surface area contributed by atoms with Gasteiger partial charge in [0.1, 0.15) is 0 Å². The first-order valence-corrected chi connectivity index (χ1v) is 9.16. The molecular weight excluding hydrogens is 340 g/mol. The van der Waals surface area contributed by atoms with E-state index in [4.69, 9.17) is 4.74 Å². The normalized spacial score (nSPS) is 12.4.